The summed E-state index contributed by atoms with van der Waals surface area (Å²) in [5.74, 6) is 0.886. The molecule has 116 valence electrons. The van der Waals surface area contributed by atoms with Gasteiger partial charge in [0.25, 0.3) is 0 Å². The molecule has 0 aromatic carbocycles. The molecule has 6 heteroatoms. The van der Waals surface area contributed by atoms with Crippen LogP contribution in [0.3, 0.4) is 0 Å². The van der Waals surface area contributed by atoms with E-state index in [1.54, 1.807) is 18.6 Å². The zero-order valence-electron chi connectivity index (χ0n) is 12.8. The van der Waals surface area contributed by atoms with Crippen LogP contribution < -0.4 is 10.2 Å². The van der Waals surface area contributed by atoms with Crippen LogP contribution in [0, 0.1) is 0 Å². The van der Waals surface area contributed by atoms with Crippen LogP contribution in [0.25, 0.3) is 0 Å². The van der Waals surface area contributed by atoms with Gasteiger partial charge in [0.2, 0.25) is 0 Å². The second-order valence-electron chi connectivity index (χ2n) is 5.33. The molecule has 1 aromatic rings. The molecule has 2 heterocycles. The maximum atomic E-state index is 12.0. The van der Waals surface area contributed by atoms with Crippen molar-refractivity contribution in [1.82, 2.24) is 20.2 Å². The number of nitrogens with zero attached hydrogens (tertiary/aromatic N) is 4. The molecular formula is C15H25N5O. The average molecular weight is 291 g/mol. The van der Waals surface area contributed by atoms with Gasteiger partial charge in [-0.1, -0.05) is 26.2 Å². The van der Waals surface area contributed by atoms with E-state index in [2.05, 4.69) is 27.1 Å². The summed E-state index contributed by atoms with van der Waals surface area (Å²) >= 11 is 0. The Morgan fingerprint density at radius 3 is 2.67 bits per heavy atom. The van der Waals surface area contributed by atoms with Gasteiger partial charge in [0.05, 0.1) is 6.20 Å². The fourth-order valence-corrected chi connectivity index (χ4v) is 2.45. The van der Waals surface area contributed by atoms with Crippen LogP contribution in [0.1, 0.15) is 32.6 Å². The van der Waals surface area contributed by atoms with Gasteiger partial charge in [-0.3, -0.25) is 4.98 Å². The van der Waals surface area contributed by atoms with Crippen LogP contribution in [0.2, 0.25) is 0 Å². The number of hydrogen-bond acceptors (Lipinski definition) is 4. The van der Waals surface area contributed by atoms with E-state index in [0.717, 1.165) is 45.0 Å². The molecule has 1 fully saturated rings. The third-order valence-electron chi connectivity index (χ3n) is 3.75. The van der Waals surface area contributed by atoms with Gasteiger partial charge in [-0.2, -0.15) is 0 Å². The molecule has 0 atom stereocenters. The molecule has 0 saturated carbocycles. The number of aromatic nitrogens is 2. The highest BCUT2D eigenvalue weighted by Crippen LogP contribution is 2.11. The van der Waals surface area contributed by atoms with Crippen molar-refractivity contribution >= 4 is 11.8 Å². The Bertz CT molecular complexity index is 417. The highest BCUT2D eigenvalue weighted by Gasteiger charge is 2.21. The molecule has 6 nitrogen and oxygen atoms in total. The van der Waals surface area contributed by atoms with Crippen LogP contribution in [-0.4, -0.2) is 53.6 Å². The first kappa shape index (κ1) is 15.5. The third kappa shape index (κ3) is 4.88. The summed E-state index contributed by atoms with van der Waals surface area (Å²) in [4.78, 5) is 24.5. The molecule has 0 aliphatic carbocycles. The number of carbonyl (C=O) groups is 1. The van der Waals surface area contributed by atoms with Crippen molar-refractivity contribution in [3.05, 3.63) is 18.6 Å². The van der Waals surface area contributed by atoms with Crippen molar-refractivity contribution in [2.75, 3.05) is 37.6 Å². The molecule has 1 N–H and O–H groups in total. The number of piperazine rings is 1. The lowest BCUT2D eigenvalue weighted by Crippen LogP contribution is -2.52. The van der Waals surface area contributed by atoms with Crippen molar-refractivity contribution in [1.29, 1.82) is 0 Å². The zero-order chi connectivity index (χ0) is 14.9. The van der Waals surface area contributed by atoms with E-state index in [0.29, 0.717) is 0 Å². The lowest BCUT2D eigenvalue weighted by atomic mass is 10.2. The summed E-state index contributed by atoms with van der Waals surface area (Å²) in [5, 5.41) is 3.01. The van der Waals surface area contributed by atoms with E-state index in [9.17, 15) is 4.79 Å². The summed E-state index contributed by atoms with van der Waals surface area (Å²) in [5.41, 5.74) is 0. The van der Waals surface area contributed by atoms with Crippen LogP contribution >= 0.6 is 0 Å². The molecule has 0 bridgehead atoms. The predicted octanol–water partition coefficient (Wildman–Crippen LogP) is 1.89. The van der Waals surface area contributed by atoms with Crippen LogP contribution in [-0.2, 0) is 0 Å². The van der Waals surface area contributed by atoms with Crippen LogP contribution in [0.15, 0.2) is 18.6 Å². The van der Waals surface area contributed by atoms with E-state index in [4.69, 9.17) is 0 Å². The molecule has 1 aromatic heterocycles. The van der Waals surface area contributed by atoms with E-state index in [1.807, 2.05) is 4.90 Å². The summed E-state index contributed by atoms with van der Waals surface area (Å²) < 4.78 is 0. The number of anilines is 1. The first-order valence-electron chi connectivity index (χ1n) is 7.85. The average Bonchev–Trinajstić information content (AvgIpc) is 2.55. The van der Waals surface area contributed by atoms with E-state index < -0.39 is 0 Å². The fraction of sp³-hybridized carbons (Fsp3) is 0.667. The van der Waals surface area contributed by atoms with Gasteiger partial charge in [0.1, 0.15) is 5.82 Å². The Kier molecular flexibility index (Phi) is 6.24. The normalized spacial score (nSPS) is 15.1. The second kappa shape index (κ2) is 8.44. The Morgan fingerprint density at radius 2 is 2.00 bits per heavy atom. The van der Waals surface area contributed by atoms with Crippen molar-refractivity contribution in [2.45, 2.75) is 32.6 Å². The van der Waals surface area contributed by atoms with Gasteiger partial charge in [-0.15, -0.1) is 0 Å². The van der Waals surface area contributed by atoms with Gasteiger partial charge in [-0.05, 0) is 6.42 Å². The number of rotatable bonds is 6. The van der Waals surface area contributed by atoms with Gasteiger partial charge in [0, 0.05) is 45.1 Å². The van der Waals surface area contributed by atoms with Crippen molar-refractivity contribution in [3.63, 3.8) is 0 Å². The van der Waals surface area contributed by atoms with Crippen molar-refractivity contribution in [3.8, 4) is 0 Å². The topological polar surface area (TPSA) is 61.4 Å². The lowest BCUT2D eigenvalue weighted by molar-refractivity contribution is 0.194. The summed E-state index contributed by atoms with van der Waals surface area (Å²) in [6.45, 7) is 6.05. The van der Waals surface area contributed by atoms with E-state index in [1.165, 1.54) is 19.3 Å². The molecule has 1 saturated heterocycles. The van der Waals surface area contributed by atoms with E-state index >= 15 is 0 Å². The summed E-state index contributed by atoms with van der Waals surface area (Å²) in [6.07, 6.45) is 9.86. The van der Waals surface area contributed by atoms with Gasteiger partial charge < -0.3 is 15.1 Å². The molecule has 0 unspecified atom stereocenters. The minimum absolute atomic E-state index is 0.0605. The summed E-state index contributed by atoms with van der Waals surface area (Å²) in [6, 6.07) is 0.0605. The fourth-order valence-electron chi connectivity index (χ4n) is 2.45. The predicted molar refractivity (Wildman–Crippen MR) is 83.4 cm³/mol. The quantitative estimate of drug-likeness (QED) is 0.813. The SMILES string of the molecule is CCCCCCNC(=O)N1CCN(c2cnccn2)CC1. The highest BCUT2D eigenvalue weighted by molar-refractivity contribution is 5.74. The first-order valence-corrected chi connectivity index (χ1v) is 7.85. The number of amides is 2. The molecular weight excluding hydrogens is 266 g/mol. The highest BCUT2D eigenvalue weighted by atomic mass is 16.2. The van der Waals surface area contributed by atoms with Gasteiger partial charge >= 0.3 is 6.03 Å². The Morgan fingerprint density at radius 1 is 1.19 bits per heavy atom. The second-order valence-corrected chi connectivity index (χ2v) is 5.33. The standard InChI is InChI=1S/C15H25N5O/c1-2-3-4-5-6-18-15(21)20-11-9-19(10-12-20)14-13-16-7-8-17-14/h7-8,13H,2-6,9-12H2,1H3,(H,18,21). The van der Waals surface area contributed by atoms with Crippen LogP contribution in [0.5, 0.6) is 0 Å². The summed E-state index contributed by atoms with van der Waals surface area (Å²) in [7, 11) is 0. The Labute approximate surface area is 126 Å². The largest absolute Gasteiger partial charge is 0.352 e. The third-order valence-corrected chi connectivity index (χ3v) is 3.75. The molecule has 1 aliphatic rings. The number of urea groups is 1. The maximum absolute atomic E-state index is 12.0. The number of carbonyl (C=O) groups excluding carboxylic acids is 1. The Balaban J connectivity index is 1.67. The molecule has 0 radical (unpaired) electrons. The number of hydrogen-bond donors (Lipinski definition) is 1. The van der Waals surface area contributed by atoms with Gasteiger partial charge in [-0.25, -0.2) is 9.78 Å². The maximum Gasteiger partial charge on any atom is 0.317 e. The molecule has 2 amide bonds. The molecule has 2 rings (SSSR count). The minimum atomic E-state index is 0.0605. The van der Waals surface area contributed by atoms with Crippen LogP contribution in [0.4, 0.5) is 10.6 Å². The smallest absolute Gasteiger partial charge is 0.317 e. The molecule has 1 aliphatic heterocycles. The lowest BCUT2D eigenvalue weighted by Gasteiger charge is -2.35. The monoisotopic (exact) mass is 291 g/mol. The zero-order valence-corrected chi connectivity index (χ0v) is 12.8. The van der Waals surface area contributed by atoms with Gasteiger partial charge in [0.15, 0.2) is 0 Å². The minimum Gasteiger partial charge on any atom is -0.352 e. The van der Waals surface area contributed by atoms with Crippen molar-refractivity contribution < 1.29 is 4.79 Å². The number of nitrogens with one attached hydrogen (secondary N) is 1. The number of unbranched alkanes of at least 4 members (excludes halogenated alkanes) is 3. The first-order chi connectivity index (χ1) is 10.3. The molecule has 0 spiro atoms. The van der Waals surface area contributed by atoms with Crippen molar-refractivity contribution in [2.24, 2.45) is 0 Å². The van der Waals surface area contributed by atoms with E-state index in [-0.39, 0.29) is 6.03 Å². The Hall–Kier alpha value is -1.85. The molecule has 21 heavy (non-hydrogen) atoms.